The van der Waals surface area contributed by atoms with Crippen LogP contribution in [0.1, 0.15) is 25.5 Å². The normalized spacial score (nSPS) is 12.2. The maximum absolute atomic E-state index is 13.3. The molecule has 8 nitrogen and oxygen atoms in total. The number of benzene rings is 2. The number of furan rings is 1. The van der Waals surface area contributed by atoms with Crippen LogP contribution in [0.2, 0.25) is 0 Å². The van der Waals surface area contributed by atoms with Crippen LogP contribution in [0, 0.1) is 0 Å². The van der Waals surface area contributed by atoms with E-state index < -0.39 is 28.5 Å². The van der Waals surface area contributed by atoms with Gasteiger partial charge in [-0.2, -0.15) is 0 Å². The van der Waals surface area contributed by atoms with Crippen LogP contribution in [0.15, 0.2) is 88.4 Å². The molecule has 0 saturated carbocycles. The van der Waals surface area contributed by atoms with Gasteiger partial charge in [0.15, 0.2) is 0 Å². The van der Waals surface area contributed by atoms with E-state index in [9.17, 15) is 18.0 Å². The largest absolute Gasteiger partial charge is 0.467 e. The molecule has 0 saturated heterocycles. The standard InChI is InChI=1S/C24H27N3O5S/c1-2-10-22(24(29)25-17-20-13-9-16-32-20)27(19-11-5-3-6-12-19)23(28)18-26-33(30,31)21-14-7-4-8-15-21/h3-9,11-16,22,26H,2,10,17-18H2,1H3,(H,25,29)/t22-/m0/s1. The number of carbonyl (C=O) groups is 2. The zero-order valence-corrected chi connectivity index (χ0v) is 19.1. The van der Waals surface area contributed by atoms with Gasteiger partial charge in [0.25, 0.3) is 0 Å². The summed E-state index contributed by atoms with van der Waals surface area (Å²) in [6, 6.07) is 19.2. The van der Waals surface area contributed by atoms with Crippen molar-refractivity contribution in [2.24, 2.45) is 0 Å². The van der Waals surface area contributed by atoms with E-state index in [1.54, 1.807) is 60.7 Å². The highest BCUT2D eigenvalue weighted by Gasteiger charge is 2.31. The van der Waals surface area contributed by atoms with Crippen molar-refractivity contribution in [3.8, 4) is 0 Å². The Balaban J connectivity index is 1.81. The summed E-state index contributed by atoms with van der Waals surface area (Å²) in [4.78, 5) is 27.8. The Morgan fingerprint density at radius 1 is 0.970 bits per heavy atom. The van der Waals surface area contributed by atoms with Gasteiger partial charge < -0.3 is 9.73 Å². The lowest BCUT2D eigenvalue weighted by Crippen LogP contribution is -2.52. The number of rotatable bonds is 11. The Morgan fingerprint density at radius 3 is 2.24 bits per heavy atom. The Kier molecular flexibility index (Phi) is 8.39. The number of amides is 2. The first-order chi connectivity index (χ1) is 15.9. The number of hydrogen-bond donors (Lipinski definition) is 2. The molecule has 33 heavy (non-hydrogen) atoms. The molecule has 174 valence electrons. The van der Waals surface area contributed by atoms with Crippen LogP contribution in [-0.2, 0) is 26.2 Å². The third-order valence-corrected chi connectivity index (χ3v) is 6.38. The van der Waals surface area contributed by atoms with E-state index in [4.69, 9.17) is 4.42 Å². The van der Waals surface area contributed by atoms with Gasteiger partial charge in [-0.15, -0.1) is 0 Å². The van der Waals surface area contributed by atoms with E-state index in [1.165, 1.54) is 23.3 Å². The van der Waals surface area contributed by atoms with Crippen molar-refractivity contribution in [1.82, 2.24) is 10.0 Å². The van der Waals surface area contributed by atoms with Crippen molar-refractivity contribution in [3.05, 3.63) is 84.8 Å². The molecule has 0 unspecified atom stereocenters. The molecule has 3 rings (SSSR count). The highest BCUT2D eigenvalue weighted by atomic mass is 32.2. The average molecular weight is 470 g/mol. The lowest BCUT2D eigenvalue weighted by molar-refractivity contribution is -0.126. The van der Waals surface area contributed by atoms with Crippen LogP contribution in [0.25, 0.3) is 0 Å². The molecule has 2 amide bonds. The second-order valence-corrected chi connectivity index (χ2v) is 9.11. The van der Waals surface area contributed by atoms with E-state index in [-0.39, 0.29) is 17.3 Å². The summed E-state index contributed by atoms with van der Waals surface area (Å²) in [6.07, 6.45) is 2.56. The molecule has 9 heteroatoms. The van der Waals surface area contributed by atoms with Crippen LogP contribution in [0.5, 0.6) is 0 Å². The van der Waals surface area contributed by atoms with Gasteiger partial charge in [-0.25, -0.2) is 13.1 Å². The lowest BCUT2D eigenvalue weighted by atomic mass is 10.1. The fourth-order valence-corrected chi connectivity index (χ4v) is 4.36. The molecule has 2 N–H and O–H groups in total. The topological polar surface area (TPSA) is 109 Å². The Hall–Kier alpha value is -3.43. The number of nitrogens with zero attached hydrogens (tertiary/aromatic N) is 1. The number of sulfonamides is 1. The van der Waals surface area contributed by atoms with Crippen LogP contribution in [0.4, 0.5) is 5.69 Å². The highest BCUT2D eigenvalue weighted by Crippen LogP contribution is 2.20. The fraction of sp³-hybridized carbons (Fsp3) is 0.250. The molecule has 1 atom stereocenters. The SMILES string of the molecule is CCC[C@@H](C(=O)NCc1ccco1)N(C(=O)CNS(=O)(=O)c1ccccc1)c1ccccc1. The Bertz CT molecular complexity index is 1130. The summed E-state index contributed by atoms with van der Waals surface area (Å²) in [5, 5.41) is 2.81. The van der Waals surface area contributed by atoms with E-state index in [0.29, 0.717) is 24.3 Å². The molecule has 1 heterocycles. The highest BCUT2D eigenvalue weighted by molar-refractivity contribution is 7.89. The zero-order valence-electron chi connectivity index (χ0n) is 18.3. The molecule has 0 radical (unpaired) electrons. The number of nitrogens with one attached hydrogen (secondary N) is 2. The first-order valence-electron chi connectivity index (χ1n) is 10.6. The average Bonchev–Trinajstić information content (AvgIpc) is 3.36. The molecule has 0 bridgehead atoms. The van der Waals surface area contributed by atoms with Crippen LogP contribution in [-0.4, -0.2) is 32.8 Å². The number of anilines is 1. The van der Waals surface area contributed by atoms with Gasteiger partial charge in [0.05, 0.1) is 24.2 Å². The second-order valence-electron chi connectivity index (χ2n) is 7.34. The Morgan fingerprint density at radius 2 is 1.64 bits per heavy atom. The molecular weight excluding hydrogens is 442 g/mol. The summed E-state index contributed by atoms with van der Waals surface area (Å²) in [7, 11) is -3.88. The smallest absolute Gasteiger partial charge is 0.243 e. The summed E-state index contributed by atoms with van der Waals surface area (Å²) in [5.74, 6) is -0.296. The van der Waals surface area contributed by atoms with Gasteiger partial charge in [-0.1, -0.05) is 49.7 Å². The van der Waals surface area contributed by atoms with Crippen molar-refractivity contribution >= 4 is 27.5 Å². The second kappa shape index (κ2) is 11.4. The van der Waals surface area contributed by atoms with Crippen molar-refractivity contribution in [2.45, 2.75) is 37.2 Å². The minimum absolute atomic E-state index is 0.0605. The maximum atomic E-state index is 13.3. The van der Waals surface area contributed by atoms with Crippen LogP contribution >= 0.6 is 0 Å². The van der Waals surface area contributed by atoms with Crippen LogP contribution < -0.4 is 14.9 Å². The molecule has 1 aromatic heterocycles. The van der Waals surface area contributed by atoms with Gasteiger partial charge in [0.2, 0.25) is 21.8 Å². The lowest BCUT2D eigenvalue weighted by Gasteiger charge is -2.31. The van der Waals surface area contributed by atoms with Gasteiger partial charge >= 0.3 is 0 Å². The molecule has 3 aromatic rings. The van der Waals surface area contributed by atoms with Gasteiger partial charge in [0, 0.05) is 5.69 Å². The molecule has 0 aliphatic rings. The van der Waals surface area contributed by atoms with Crippen molar-refractivity contribution in [2.75, 3.05) is 11.4 Å². The third-order valence-electron chi connectivity index (χ3n) is 4.96. The first-order valence-corrected chi connectivity index (χ1v) is 12.1. The zero-order chi connectivity index (χ0) is 23.7. The number of carbonyl (C=O) groups excluding carboxylic acids is 2. The van der Waals surface area contributed by atoms with Gasteiger partial charge in [-0.05, 0) is 42.8 Å². The summed E-state index contributed by atoms with van der Waals surface area (Å²) < 4.78 is 32.8. The van der Waals surface area contributed by atoms with Crippen molar-refractivity contribution in [3.63, 3.8) is 0 Å². The molecule has 0 spiro atoms. The minimum atomic E-state index is -3.88. The third kappa shape index (κ3) is 6.53. The molecule has 0 fully saturated rings. The van der Waals surface area contributed by atoms with Crippen molar-refractivity contribution < 1.29 is 22.4 Å². The molecular formula is C24H27N3O5S. The summed E-state index contributed by atoms with van der Waals surface area (Å²) >= 11 is 0. The Labute approximate surface area is 193 Å². The van der Waals surface area contributed by atoms with Crippen molar-refractivity contribution in [1.29, 1.82) is 0 Å². The van der Waals surface area contributed by atoms with Gasteiger partial charge in [0.1, 0.15) is 11.8 Å². The molecule has 0 aliphatic carbocycles. The number of hydrogen-bond acceptors (Lipinski definition) is 5. The maximum Gasteiger partial charge on any atom is 0.243 e. The predicted octanol–water partition coefficient (Wildman–Crippen LogP) is 3.08. The number of para-hydroxylation sites is 1. The van der Waals surface area contributed by atoms with Crippen LogP contribution in [0.3, 0.4) is 0 Å². The predicted molar refractivity (Wildman–Crippen MR) is 125 cm³/mol. The fourth-order valence-electron chi connectivity index (χ4n) is 3.37. The minimum Gasteiger partial charge on any atom is -0.467 e. The monoisotopic (exact) mass is 469 g/mol. The first kappa shape index (κ1) is 24.2. The summed E-state index contributed by atoms with van der Waals surface area (Å²) in [6.45, 7) is 1.61. The van der Waals surface area contributed by atoms with E-state index >= 15 is 0 Å². The van der Waals surface area contributed by atoms with E-state index in [0.717, 1.165) is 0 Å². The molecule has 2 aromatic carbocycles. The summed E-state index contributed by atoms with van der Waals surface area (Å²) in [5.41, 5.74) is 0.507. The molecule has 0 aliphatic heterocycles. The van der Waals surface area contributed by atoms with E-state index in [1.807, 2.05) is 6.92 Å². The van der Waals surface area contributed by atoms with E-state index in [2.05, 4.69) is 10.0 Å². The van der Waals surface area contributed by atoms with Gasteiger partial charge in [-0.3, -0.25) is 14.5 Å². The quantitative estimate of drug-likeness (QED) is 0.449.